The molecule has 14 heavy (non-hydrogen) atoms. The third kappa shape index (κ3) is 7.55. The molecule has 0 saturated carbocycles. The van der Waals surface area contributed by atoms with Gasteiger partial charge in [-0.1, -0.05) is 0 Å². The van der Waals surface area contributed by atoms with Crippen LogP contribution < -0.4 is 0 Å². The molecule has 0 N–H and O–H groups in total. The van der Waals surface area contributed by atoms with Crippen molar-refractivity contribution in [3.8, 4) is 0 Å². The minimum absolute atomic E-state index is 0.877. The van der Waals surface area contributed by atoms with Crippen LogP contribution in [-0.4, -0.2) is 16.2 Å². The van der Waals surface area contributed by atoms with Gasteiger partial charge in [0.1, 0.15) is 0 Å². The fourth-order valence-electron chi connectivity index (χ4n) is 2.44. The van der Waals surface area contributed by atoms with E-state index in [0.717, 1.165) is 17.8 Å². The summed E-state index contributed by atoms with van der Waals surface area (Å²) < 4.78 is 4.51. The monoisotopic (exact) mass is 370 g/mol. The molecule has 0 nitrogen and oxygen atoms in total. The van der Waals surface area contributed by atoms with Gasteiger partial charge in [-0.3, -0.25) is 0 Å². The molecule has 0 amide bonds. The van der Waals surface area contributed by atoms with E-state index >= 15 is 0 Å². The predicted octanol–water partition coefficient (Wildman–Crippen LogP) is 5.29. The Morgan fingerprint density at radius 2 is 0.929 bits per heavy atom. The third-order valence-electron chi connectivity index (χ3n) is 2.32. The summed E-state index contributed by atoms with van der Waals surface area (Å²) in [5.41, 5.74) is 0. The number of rotatable bonds is 6. The molecule has 2 heteroatoms. The average molecular weight is 370 g/mol. The summed E-state index contributed by atoms with van der Waals surface area (Å²) in [6.45, 7) is 14.2. The van der Waals surface area contributed by atoms with Crippen LogP contribution in [-0.2, 0) is 0 Å². The molecule has 0 rings (SSSR count). The van der Waals surface area contributed by atoms with Gasteiger partial charge in [-0.25, -0.2) is 0 Å². The molecule has 0 unspecified atom stereocenters. The molecule has 0 fully saturated rings. The number of hydrogen-bond acceptors (Lipinski definition) is 0. The first-order chi connectivity index (χ1) is 6.25. The third-order valence-corrected chi connectivity index (χ3v) is 22.1. The first kappa shape index (κ1) is 15.3. The Balaban J connectivity index is 4.32. The molecule has 0 saturated heterocycles. The maximum atomic E-state index is 4.20. The van der Waals surface area contributed by atoms with Crippen molar-refractivity contribution in [1.29, 1.82) is 0 Å². The van der Waals surface area contributed by atoms with E-state index in [1.807, 2.05) is 0 Å². The van der Waals surface area contributed by atoms with Crippen molar-refractivity contribution < 1.29 is 0 Å². The molecule has 0 aliphatic rings. The van der Waals surface area contributed by atoms with Gasteiger partial charge in [-0.05, 0) is 0 Å². The van der Waals surface area contributed by atoms with E-state index in [-0.39, 0.29) is 0 Å². The summed E-state index contributed by atoms with van der Waals surface area (Å²) in [5.74, 6) is 2.63. The first-order valence-corrected chi connectivity index (χ1v) is 18.4. The summed E-state index contributed by atoms with van der Waals surface area (Å²) in [6, 6.07) is 0. The molecular weight excluding hydrogens is 343 g/mol. The van der Waals surface area contributed by atoms with Gasteiger partial charge in [-0.15, -0.1) is 0 Å². The van der Waals surface area contributed by atoms with Crippen LogP contribution in [0.2, 0.25) is 13.3 Å². The molecule has 0 atom stereocenters. The molecule has 0 aromatic rings. The SMILES string of the molecule is CC(C)[CH2][Sn]([Br])([CH2]C(C)C)[CH2]C(C)C. The molecule has 0 aromatic heterocycles. The van der Waals surface area contributed by atoms with E-state index in [4.69, 9.17) is 0 Å². The Labute approximate surface area is 101 Å². The topological polar surface area (TPSA) is 0 Å². The van der Waals surface area contributed by atoms with Gasteiger partial charge < -0.3 is 0 Å². The summed E-state index contributed by atoms with van der Waals surface area (Å²) >= 11 is 2.30. The zero-order valence-electron chi connectivity index (χ0n) is 10.7. The Morgan fingerprint density at radius 3 is 1.07 bits per heavy atom. The van der Waals surface area contributed by atoms with E-state index in [2.05, 4.69) is 54.2 Å². The van der Waals surface area contributed by atoms with Crippen molar-refractivity contribution in [2.45, 2.75) is 54.9 Å². The standard InChI is InChI=1S/3C4H9.BrH.Sn/c3*1-4(2)3;;/h3*4H,1H2,2-3H3;1H;/q;;;;+1/p-1. The summed E-state index contributed by atoms with van der Waals surface area (Å²) in [7, 11) is 0. The number of halogens is 1. The van der Waals surface area contributed by atoms with Gasteiger partial charge in [0, 0.05) is 0 Å². The van der Waals surface area contributed by atoms with Crippen LogP contribution in [0.5, 0.6) is 0 Å². The minimum atomic E-state index is -1.90. The van der Waals surface area contributed by atoms with Crippen molar-refractivity contribution in [2.24, 2.45) is 17.8 Å². The maximum absolute atomic E-state index is 4.20. The first-order valence-electron chi connectivity index (χ1n) is 5.94. The van der Waals surface area contributed by atoms with Crippen LogP contribution in [0, 0.1) is 17.8 Å². The van der Waals surface area contributed by atoms with Crippen molar-refractivity contribution in [1.82, 2.24) is 0 Å². The Kier molecular flexibility index (Phi) is 7.39. The van der Waals surface area contributed by atoms with E-state index in [1.54, 1.807) is 0 Å². The van der Waals surface area contributed by atoms with Crippen molar-refractivity contribution in [3.05, 3.63) is 0 Å². The van der Waals surface area contributed by atoms with Crippen LogP contribution in [0.3, 0.4) is 0 Å². The van der Waals surface area contributed by atoms with Crippen LogP contribution in [0.15, 0.2) is 0 Å². The van der Waals surface area contributed by atoms with Crippen LogP contribution in [0.4, 0.5) is 0 Å². The van der Waals surface area contributed by atoms with Gasteiger partial charge >= 0.3 is 101 Å². The Bertz CT molecular complexity index is 126. The molecule has 0 bridgehead atoms. The zero-order chi connectivity index (χ0) is 11.4. The molecule has 0 aliphatic carbocycles. The molecule has 86 valence electrons. The molecular formula is C12H27BrSn. The summed E-state index contributed by atoms with van der Waals surface area (Å²) in [6.07, 6.45) is 0. The molecule has 0 aliphatic heterocycles. The summed E-state index contributed by atoms with van der Waals surface area (Å²) in [4.78, 5) is 0. The summed E-state index contributed by atoms with van der Waals surface area (Å²) in [5, 5.41) is 0. The second-order valence-electron chi connectivity index (χ2n) is 5.94. The predicted molar refractivity (Wildman–Crippen MR) is 73.6 cm³/mol. The molecule has 0 radical (unpaired) electrons. The van der Waals surface area contributed by atoms with Crippen LogP contribution in [0.25, 0.3) is 0 Å². The fourth-order valence-corrected chi connectivity index (χ4v) is 29.4. The van der Waals surface area contributed by atoms with Gasteiger partial charge in [0.25, 0.3) is 0 Å². The molecule has 0 aromatic carbocycles. The molecule has 0 heterocycles. The van der Waals surface area contributed by atoms with E-state index < -0.39 is 16.2 Å². The van der Waals surface area contributed by atoms with Crippen molar-refractivity contribution in [2.75, 3.05) is 0 Å². The van der Waals surface area contributed by atoms with Crippen molar-refractivity contribution in [3.63, 3.8) is 0 Å². The van der Waals surface area contributed by atoms with Crippen LogP contribution >= 0.6 is 12.7 Å². The van der Waals surface area contributed by atoms with Gasteiger partial charge in [0.2, 0.25) is 0 Å². The van der Waals surface area contributed by atoms with Crippen molar-refractivity contribution >= 4 is 28.9 Å². The van der Waals surface area contributed by atoms with E-state index in [9.17, 15) is 0 Å². The Morgan fingerprint density at radius 1 is 0.714 bits per heavy atom. The molecule has 0 spiro atoms. The van der Waals surface area contributed by atoms with Gasteiger partial charge in [-0.2, -0.15) is 0 Å². The normalized spacial score (nSPS) is 13.3. The van der Waals surface area contributed by atoms with Gasteiger partial charge in [0.15, 0.2) is 0 Å². The Hall–Kier alpha value is 1.28. The van der Waals surface area contributed by atoms with E-state index in [1.165, 1.54) is 13.3 Å². The second kappa shape index (κ2) is 6.77. The fraction of sp³-hybridized carbons (Fsp3) is 1.00. The quantitative estimate of drug-likeness (QED) is 0.557. The zero-order valence-corrected chi connectivity index (χ0v) is 15.2. The second-order valence-corrected chi connectivity index (χ2v) is 27.3. The van der Waals surface area contributed by atoms with Crippen LogP contribution in [0.1, 0.15) is 41.5 Å². The average Bonchev–Trinajstić information content (AvgIpc) is 1.76. The van der Waals surface area contributed by atoms with E-state index in [0.29, 0.717) is 0 Å². The number of hydrogen-bond donors (Lipinski definition) is 0. The van der Waals surface area contributed by atoms with Gasteiger partial charge in [0.05, 0.1) is 0 Å².